The second kappa shape index (κ2) is 7.65. The fraction of sp³-hybridized carbons (Fsp3) is 0.909. The lowest BCUT2D eigenvalue weighted by Crippen LogP contribution is -2.43. The van der Waals surface area contributed by atoms with Crippen molar-refractivity contribution in [2.75, 3.05) is 20.2 Å². The van der Waals surface area contributed by atoms with Gasteiger partial charge in [-0.3, -0.25) is 9.69 Å². The number of nitrogens with zero attached hydrogens (tertiary/aromatic N) is 1. The number of aliphatic hydroxyl groups is 1. The quantitative estimate of drug-likeness (QED) is 0.655. The predicted octanol–water partition coefficient (Wildman–Crippen LogP) is 0.604. The highest BCUT2D eigenvalue weighted by molar-refractivity contribution is 5.78. The van der Waals surface area contributed by atoms with Crippen LogP contribution in [0.3, 0.4) is 0 Å². The molecule has 0 radical (unpaired) electrons. The van der Waals surface area contributed by atoms with E-state index in [0.29, 0.717) is 6.54 Å². The van der Waals surface area contributed by atoms with Crippen LogP contribution in [0.25, 0.3) is 0 Å². The number of rotatable bonds is 7. The first-order valence-corrected chi connectivity index (χ1v) is 5.61. The number of carbonyl (C=O) groups excluding carboxylic acids is 1. The maximum absolute atomic E-state index is 11.5. The van der Waals surface area contributed by atoms with Gasteiger partial charge in [0.25, 0.3) is 0 Å². The van der Waals surface area contributed by atoms with Crippen molar-refractivity contribution < 1.29 is 9.90 Å². The predicted molar refractivity (Wildman–Crippen MR) is 61.7 cm³/mol. The molecule has 15 heavy (non-hydrogen) atoms. The molecule has 0 rings (SSSR count). The number of likely N-dealkylation sites (N-methyl/N-ethyl adjacent to an activating group) is 1. The van der Waals surface area contributed by atoms with Crippen molar-refractivity contribution >= 4 is 5.91 Å². The molecule has 0 saturated heterocycles. The van der Waals surface area contributed by atoms with E-state index in [-0.39, 0.29) is 24.6 Å². The topological polar surface area (TPSA) is 52.6 Å². The van der Waals surface area contributed by atoms with E-state index in [9.17, 15) is 4.79 Å². The Labute approximate surface area is 92.7 Å². The lowest BCUT2D eigenvalue weighted by molar-refractivity contribution is -0.123. The summed E-state index contributed by atoms with van der Waals surface area (Å²) in [5.74, 6) is 0.0266. The number of hydrogen-bond donors (Lipinski definition) is 2. The van der Waals surface area contributed by atoms with Gasteiger partial charge in [0.15, 0.2) is 0 Å². The minimum atomic E-state index is 0.0252. The minimum Gasteiger partial charge on any atom is -0.395 e. The molecule has 0 aliphatic rings. The first-order chi connectivity index (χ1) is 7.01. The van der Waals surface area contributed by atoms with Crippen LogP contribution in [0.5, 0.6) is 0 Å². The summed E-state index contributed by atoms with van der Waals surface area (Å²) in [5.41, 5.74) is 0. The van der Waals surface area contributed by atoms with Crippen LogP contribution in [0.15, 0.2) is 0 Å². The summed E-state index contributed by atoms with van der Waals surface area (Å²) in [5, 5.41) is 11.8. The lowest BCUT2D eigenvalue weighted by atomic mass is 10.2. The van der Waals surface area contributed by atoms with Crippen molar-refractivity contribution in [2.45, 2.75) is 45.7 Å². The monoisotopic (exact) mass is 216 g/mol. The van der Waals surface area contributed by atoms with Crippen LogP contribution in [-0.2, 0) is 4.79 Å². The van der Waals surface area contributed by atoms with Gasteiger partial charge in [0.2, 0.25) is 5.91 Å². The molecule has 0 heterocycles. The number of carbonyl (C=O) groups is 1. The highest BCUT2D eigenvalue weighted by Gasteiger charge is 2.13. The largest absolute Gasteiger partial charge is 0.395 e. The van der Waals surface area contributed by atoms with Crippen LogP contribution in [0.1, 0.15) is 33.6 Å². The van der Waals surface area contributed by atoms with E-state index in [1.54, 1.807) is 0 Å². The Hall–Kier alpha value is -0.610. The fourth-order valence-electron chi connectivity index (χ4n) is 1.35. The zero-order chi connectivity index (χ0) is 11.8. The van der Waals surface area contributed by atoms with E-state index in [2.05, 4.69) is 12.2 Å². The van der Waals surface area contributed by atoms with E-state index in [1.807, 2.05) is 25.8 Å². The van der Waals surface area contributed by atoms with Crippen molar-refractivity contribution in [2.24, 2.45) is 0 Å². The van der Waals surface area contributed by atoms with Crippen LogP contribution in [0.2, 0.25) is 0 Å². The Morgan fingerprint density at radius 2 is 2.07 bits per heavy atom. The van der Waals surface area contributed by atoms with Gasteiger partial charge in [0, 0.05) is 12.1 Å². The van der Waals surface area contributed by atoms with Gasteiger partial charge in [0.05, 0.1) is 13.2 Å². The Morgan fingerprint density at radius 3 is 2.53 bits per heavy atom. The van der Waals surface area contributed by atoms with Crippen molar-refractivity contribution in [1.29, 1.82) is 0 Å². The fourth-order valence-corrected chi connectivity index (χ4v) is 1.35. The average Bonchev–Trinajstić information content (AvgIpc) is 2.16. The second-order valence-electron chi connectivity index (χ2n) is 4.20. The first kappa shape index (κ1) is 14.4. The lowest BCUT2D eigenvalue weighted by Gasteiger charge is -2.23. The van der Waals surface area contributed by atoms with Gasteiger partial charge in [-0.25, -0.2) is 0 Å². The van der Waals surface area contributed by atoms with Crippen LogP contribution in [0.4, 0.5) is 0 Å². The molecule has 0 aromatic heterocycles. The van der Waals surface area contributed by atoms with Crippen LogP contribution >= 0.6 is 0 Å². The van der Waals surface area contributed by atoms with Gasteiger partial charge >= 0.3 is 0 Å². The molecule has 0 aromatic rings. The smallest absolute Gasteiger partial charge is 0.234 e. The SMILES string of the molecule is CCCC(C)NC(=O)CN(C)C(C)CO. The molecule has 1 amide bonds. The van der Waals surface area contributed by atoms with E-state index >= 15 is 0 Å². The van der Waals surface area contributed by atoms with Gasteiger partial charge in [-0.15, -0.1) is 0 Å². The molecule has 0 bridgehead atoms. The molecule has 0 saturated carbocycles. The number of amides is 1. The molecule has 0 aliphatic carbocycles. The molecule has 0 fully saturated rings. The van der Waals surface area contributed by atoms with Gasteiger partial charge < -0.3 is 10.4 Å². The first-order valence-electron chi connectivity index (χ1n) is 5.61. The van der Waals surface area contributed by atoms with Gasteiger partial charge in [-0.2, -0.15) is 0 Å². The molecule has 0 aliphatic heterocycles. The maximum Gasteiger partial charge on any atom is 0.234 e. The van der Waals surface area contributed by atoms with Crippen LogP contribution in [-0.4, -0.2) is 48.2 Å². The third-order valence-corrected chi connectivity index (χ3v) is 2.54. The molecular weight excluding hydrogens is 192 g/mol. The Bertz CT molecular complexity index is 185. The Kier molecular flexibility index (Phi) is 7.34. The van der Waals surface area contributed by atoms with Gasteiger partial charge in [-0.1, -0.05) is 13.3 Å². The maximum atomic E-state index is 11.5. The number of hydrogen-bond acceptors (Lipinski definition) is 3. The van der Waals surface area contributed by atoms with Crippen molar-refractivity contribution in [1.82, 2.24) is 10.2 Å². The Balaban J connectivity index is 3.82. The molecule has 0 spiro atoms. The minimum absolute atomic E-state index is 0.0252. The standard InChI is InChI=1S/C11H24N2O2/c1-5-6-9(2)12-11(15)7-13(4)10(3)8-14/h9-10,14H,5-8H2,1-4H3,(H,12,15). The Morgan fingerprint density at radius 1 is 1.47 bits per heavy atom. The molecule has 90 valence electrons. The molecule has 2 unspecified atom stereocenters. The van der Waals surface area contributed by atoms with Crippen molar-refractivity contribution in [3.05, 3.63) is 0 Å². The van der Waals surface area contributed by atoms with Crippen LogP contribution in [0, 0.1) is 0 Å². The van der Waals surface area contributed by atoms with E-state index in [4.69, 9.17) is 5.11 Å². The highest BCUT2D eigenvalue weighted by Crippen LogP contribution is 1.96. The number of nitrogens with one attached hydrogen (secondary N) is 1. The normalized spacial score (nSPS) is 15.1. The molecule has 2 N–H and O–H groups in total. The van der Waals surface area contributed by atoms with Crippen molar-refractivity contribution in [3.8, 4) is 0 Å². The van der Waals surface area contributed by atoms with E-state index in [1.165, 1.54) is 0 Å². The highest BCUT2D eigenvalue weighted by atomic mass is 16.3. The van der Waals surface area contributed by atoms with Crippen LogP contribution < -0.4 is 5.32 Å². The summed E-state index contributed by atoms with van der Waals surface area (Å²) >= 11 is 0. The summed E-state index contributed by atoms with van der Waals surface area (Å²) < 4.78 is 0. The van der Waals surface area contributed by atoms with Crippen molar-refractivity contribution in [3.63, 3.8) is 0 Å². The summed E-state index contributed by atoms with van der Waals surface area (Å²) in [6.07, 6.45) is 2.08. The van der Waals surface area contributed by atoms with E-state index < -0.39 is 0 Å². The molecule has 2 atom stereocenters. The third kappa shape index (κ3) is 6.47. The number of aliphatic hydroxyl groups excluding tert-OH is 1. The zero-order valence-corrected chi connectivity index (χ0v) is 10.3. The van der Waals surface area contributed by atoms with Gasteiger partial charge in [0.1, 0.15) is 0 Å². The summed E-state index contributed by atoms with van der Waals surface area (Å²) in [4.78, 5) is 13.4. The second-order valence-corrected chi connectivity index (χ2v) is 4.20. The zero-order valence-electron chi connectivity index (χ0n) is 10.3. The summed E-state index contributed by atoms with van der Waals surface area (Å²) in [7, 11) is 1.84. The third-order valence-electron chi connectivity index (χ3n) is 2.54. The van der Waals surface area contributed by atoms with E-state index in [0.717, 1.165) is 12.8 Å². The summed E-state index contributed by atoms with van der Waals surface area (Å²) in [6, 6.07) is 0.262. The average molecular weight is 216 g/mol. The molecule has 0 aromatic carbocycles. The molecule has 4 nitrogen and oxygen atoms in total. The molecular formula is C11H24N2O2. The van der Waals surface area contributed by atoms with Gasteiger partial charge in [-0.05, 0) is 27.3 Å². The molecule has 4 heteroatoms. The summed E-state index contributed by atoms with van der Waals surface area (Å²) in [6.45, 7) is 6.42.